The van der Waals surface area contributed by atoms with Gasteiger partial charge >= 0.3 is 5.97 Å². The van der Waals surface area contributed by atoms with Crippen molar-refractivity contribution in [3.63, 3.8) is 0 Å². The van der Waals surface area contributed by atoms with Crippen molar-refractivity contribution in [3.05, 3.63) is 60.2 Å². The van der Waals surface area contributed by atoms with Crippen LogP contribution in [0.1, 0.15) is 58.6 Å². The number of likely N-dealkylation sites (tertiary alicyclic amines) is 1. The van der Waals surface area contributed by atoms with Gasteiger partial charge in [-0.3, -0.25) is 19.2 Å². The van der Waals surface area contributed by atoms with Crippen molar-refractivity contribution in [3.8, 4) is 0 Å². The molecule has 0 bridgehead atoms. The molecule has 0 aliphatic carbocycles. The number of fused-ring (bicyclic) bond motifs is 2. The number of ether oxygens (including phenoxy) is 2. The fourth-order valence-corrected chi connectivity index (χ4v) is 6.76. The number of hydrogen-bond acceptors (Lipinski definition) is 7. The van der Waals surface area contributed by atoms with Gasteiger partial charge in [0.05, 0.1) is 31.2 Å². The normalized spacial score (nSPS) is 33.4. The number of carbonyl (C=O) groups excluding carboxylic acids is 4. The molecule has 0 radical (unpaired) electrons. The summed E-state index contributed by atoms with van der Waals surface area (Å²) >= 11 is 0. The van der Waals surface area contributed by atoms with Gasteiger partial charge in [-0.2, -0.15) is 0 Å². The lowest BCUT2D eigenvalue weighted by molar-refractivity contribution is -0.161. The minimum Gasteiger partial charge on any atom is -0.455 e. The van der Waals surface area contributed by atoms with Gasteiger partial charge in [0, 0.05) is 18.5 Å². The largest absolute Gasteiger partial charge is 0.455 e. The van der Waals surface area contributed by atoms with Crippen molar-refractivity contribution in [1.29, 1.82) is 0 Å². The highest BCUT2D eigenvalue weighted by Gasteiger charge is 2.72. The zero-order chi connectivity index (χ0) is 30.2. The van der Waals surface area contributed by atoms with E-state index in [-0.39, 0.29) is 31.4 Å². The minimum absolute atomic E-state index is 0.0798. The Bertz CT molecular complexity index is 1270. The van der Waals surface area contributed by atoms with E-state index >= 15 is 0 Å². The molecule has 42 heavy (non-hydrogen) atoms. The lowest BCUT2D eigenvalue weighted by Crippen LogP contribution is -2.60. The zero-order valence-corrected chi connectivity index (χ0v) is 24.7. The summed E-state index contributed by atoms with van der Waals surface area (Å²) < 4.78 is 12.8. The number of nitrogens with one attached hydrogen (secondary N) is 1. The van der Waals surface area contributed by atoms with E-state index in [2.05, 4.69) is 5.32 Å². The van der Waals surface area contributed by atoms with Gasteiger partial charge in [0.25, 0.3) is 0 Å². The highest BCUT2D eigenvalue weighted by atomic mass is 16.6. The van der Waals surface area contributed by atoms with Crippen LogP contribution < -0.4 is 5.32 Å². The summed E-state index contributed by atoms with van der Waals surface area (Å²) in [4.78, 5) is 58.6. The Balaban J connectivity index is 1.62. The highest BCUT2D eigenvalue weighted by Crippen LogP contribution is 2.54. The smallest absolute Gasteiger partial charge is 0.313 e. The molecule has 10 nitrogen and oxygen atoms in total. The second-order valence-electron chi connectivity index (χ2n) is 12.5. The summed E-state index contributed by atoms with van der Waals surface area (Å²) in [5, 5.41) is 13.2. The third-order valence-corrected chi connectivity index (χ3v) is 8.87. The molecular weight excluding hydrogens is 538 g/mol. The first-order valence-electron chi connectivity index (χ1n) is 14.8. The molecule has 0 aromatic heterocycles. The fourth-order valence-electron chi connectivity index (χ4n) is 6.76. The maximum atomic E-state index is 14.4. The Morgan fingerprint density at radius 3 is 2.50 bits per heavy atom. The van der Waals surface area contributed by atoms with Crippen LogP contribution in [0.25, 0.3) is 0 Å². The number of amides is 3. The number of esters is 1. The molecule has 4 aliphatic rings. The van der Waals surface area contributed by atoms with Crippen LogP contribution in [-0.2, 0) is 28.7 Å². The second kappa shape index (κ2) is 11.6. The number of benzene rings is 1. The second-order valence-corrected chi connectivity index (χ2v) is 12.5. The Hall–Kier alpha value is -3.50. The molecule has 5 rings (SSSR count). The van der Waals surface area contributed by atoms with Gasteiger partial charge < -0.3 is 29.7 Å². The third kappa shape index (κ3) is 5.15. The molecule has 4 heterocycles. The van der Waals surface area contributed by atoms with Crippen LogP contribution in [0.2, 0.25) is 0 Å². The van der Waals surface area contributed by atoms with Gasteiger partial charge in [-0.1, -0.05) is 61.6 Å². The number of aliphatic hydroxyl groups is 1. The van der Waals surface area contributed by atoms with Gasteiger partial charge in [0.15, 0.2) is 0 Å². The third-order valence-electron chi connectivity index (χ3n) is 8.87. The summed E-state index contributed by atoms with van der Waals surface area (Å²) in [7, 11) is 0. The van der Waals surface area contributed by atoms with Crippen molar-refractivity contribution in [1.82, 2.24) is 15.1 Å². The number of hydrogen-bond donors (Lipinski definition) is 2. The number of rotatable bonds is 4. The summed E-state index contributed by atoms with van der Waals surface area (Å²) in [5.74, 6) is -3.60. The molecule has 7 atom stereocenters. The maximum Gasteiger partial charge on any atom is 0.313 e. The van der Waals surface area contributed by atoms with Crippen molar-refractivity contribution in [2.24, 2.45) is 11.8 Å². The molecular formula is C32H41N3O7. The van der Waals surface area contributed by atoms with E-state index in [1.165, 1.54) is 4.90 Å². The SMILES string of the molecule is CC[C@@H](CO)N1C(=O)[C@H]2[C@@H]3C(=O)O[C@@H](c4ccccc4)CNC(=O)CC/C=C\[C@@H]3O[C@]23C=CCN(C(C)(C)C)C(=O)[C@H]13. The quantitative estimate of drug-likeness (QED) is 0.414. The van der Waals surface area contributed by atoms with Crippen molar-refractivity contribution in [2.45, 2.75) is 82.4 Å². The van der Waals surface area contributed by atoms with Gasteiger partial charge in [-0.15, -0.1) is 0 Å². The molecule has 2 N–H and O–H groups in total. The number of allylic oxidation sites excluding steroid dienone is 1. The van der Waals surface area contributed by atoms with E-state index in [0.717, 1.165) is 0 Å². The molecule has 2 fully saturated rings. The lowest BCUT2D eigenvalue weighted by Gasteiger charge is -2.42. The first-order valence-corrected chi connectivity index (χ1v) is 14.8. The van der Waals surface area contributed by atoms with Gasteiger partial charge in [0.1, 0.15) is 23.7 Å². The molecule has 2 saturated heterocycles. The number of cyclic esters (lactones) is 1. The first-order chi connectivity index (χ1) is 20.0. The Kier molecular flexibility index (Phi) is 8.31. The monoisotopic (exact) mass is 579 g/mol. The van der Waals surface area contributed by atoms with E-state index in [0.29, 0.717) is 24.9 Å². The fraction of sp³-hybridized carbons (Fsp3) is 0.562. The van der Waals surface area contributed by atoms with Crippen LogP contribution in [0.5, 0.6) is 0 Å². The van der Waals surface area contributed by atoms with Gasteiger partial charge in [-0.05, 0) is 39.2 Å². The predicted octanol–water partition coefficient (Wildman–Crippen LogP) is 2.29. The Morgan fingerprint density at radius 2 is 1.83 bits per heavy atom. The van der Waals surface area contributed by atoms with Crippen molar-refractivity contribution in [2.75, 3.05) is 19.7 Å². The Labute approximate surface area is 246 Å². The van der Waals surface area contributed by atoms with Crippen molar-refractivity contribution < 1.29 is 33.8 Å². The molecule has 10 heteroatoms. The average molecular weight is 580 g/mol. The number of nitrogens with zero attached hydrogens (tertiary/aromatic N) is 2. The molecule has 226 valence electrons. The summed E-state index contributed by atoms with van der Waals surface area (Å²) in [6, 6.07) is 7.44. The number of carbonyl (C=O) groups is 4. The van der Waals surface area contributed by atoms with E-state index in [4.69, 9.17) is 9.47 Å². The van der Waals surface area contributed by atoms with E-state index < -0.39 is 59.1 Å². The Morgan fingerprint density at radius 1 is 1.10 bits per heavy atom. The average Bonchev–Trinajstić information content (AvgIpc) is 3.34. The summed E-state index contributed by atoms with van der Waals surface area (Å²) in [5.41, 5.74) is -1.28. The molecule has 1 spiro atoms. The predicted molar refractivity (Wildman–Crippen MR) is 154 cm³/mol. The lowest BCUT2D eigenvalue weighted by atomic mass is 9.77. The molecule has 0 unspecified atom stereocenters. The molecule has 0 saturated carbocycles. The van der Waals surface area contributed by atoms with Crippen LogP contribution >= 0.6 is 0 Å². The van der Waals surface area contributed by atoms with Crippen LogP contribution in [0.15, 0.2) is 54.6 Å². The minimum atomic E-state index is -1.44. The van der Waals surface area contributed by atoms with Crippen LogP contribution in [0.4, 0.5) is 0 Å². The molecule has 4 aliphatic heterocycles. The standard InChI is InChI=1S/C32H41N3O7/c1-5-21(19-36)35-27-29(39)34(31(2,3)4)17-11-16-32(27)26(28(35)38)25-22(42-32)14-9-10-15-24(37)33-18-23(41-30(25)40)20-12-7-6-8-13-20/h6-9,11-14,16,21-23,25-27,36H,5,10,15,17-19H2,1-4H3,(H,33,37)/b14-9-/t21-,22-,23+,25+,26+,27-,32+/m0/s1. The molecule has 3 amide bonds. The molecule has 1 aromatic carbocycles. The van der Waals surface area contributed by atoms with Crippen LogP contribution in [0, 0.1) is 11.8 Å². The van der Waals surface area contributed by atoms with E-state index in [1.54, 1.807) is 23.1 Å². The van der Waals surface area contributed by atoms with Gasteiger partial charge in [-0.25, -0.2) is 0 Å². The first kappa shape index (κ1) is 30.0. The highest BCUT2D eigenvalue weighted by molar-refractivity contribution is 5.99. The maximum absolute atomic E-state index is 14.4. The van der Waals surface area contributed by atoms with Crippen LogP contribution in [0.3, 0.4) is 0 Å². The van der Waals surface area contributed by atoms with E-state index in [1.807, 2.05) is 64.1 Å². The van der Waals surface area contributed by atoms with Crippen LogP contribution in [-0.4, -0.2) is 87.6 Å². The van der Waals surface area contributed by atoms with Crippen molar-refractivity contribution >= 4 is 23.7 Å². The zero-order valence-electron chi connectivity index (χ0n) is 24.7. The topological polar surface area (TPSA) is 125 Å². The summed E-state index contributed by atoms with van der Waals surface area (Å²) in [6.07, 6.45) is 6.54. The summed E-state index contributed by atoms with van der Waals surface area (Å²) in [6.45, 7) is 7.71. The van der Waals surface area contributed by atoms with E-state index in [9.17, 15) is 24.3 Å². The molecule has 1 aromatic rings. The van der Waals surface area contributed by atoms with Gasteiger partial charge in [0.2, 0.25) is 17.7 Å². The number of aliphatic hydroxyl groups excluding tert-OH is 1.